The van der Waals surface area contributed by atoms with E-state index in [0.29, 0.717) is 23.0 Å². The molecule has 0 spiro atoms. The van der Waals surface area contributed by atoms with Crippen molar-refractivity contribution in [1.82, 2.24) is 4.90 Å². The lowest BCUT2D eigenvalue weighted by molar-refractivity contribution is 0.0532. The van der Waals surface area contributed by atoms with Crippen molar-refractivity contribution in [2.75, 3.05) is 13.7 Å². The third-order valence-electron chi connectivity index (χ3n) is 4.73. The van der Waals surface area contributed by atoms with E-state index in [0.717, 1.165) is 19.3 Å². The summed E-state index contributed by atoms with van der Waals surface area (Å²) in [5.74, 6) is 0.717. The number of hydrogen-bond acceptors (Lipinski definition) is 3. The number of hydrogen-bond donors (Lipinski definition) is 2. The van der Waals surface area contributed by atoms with Crippen LogP contribution in [0.4, 0.5) is 0 Å². The second kappa shape index (κ2) is 7.05. The molecular weight excluding hydrogens is 266 g/mol. The zero-order chi connectivity index (χ0) is 15.4. The minimum absolute atomic E-state index is 0.0288. The quantitative estimate of drug-likeness (QED) is 0.892. The van der Waals surface area contributed by atoms with Gasteiger partial charge in [0.2, 0.25) is 0 Å². The number of aliphatic hydroxyl groups excluding tert-OH is 2. The van der Waals surface area contributed by atoms with E-state index in [-0.39, 0.29) is 25.2 Å². The van der Waals surface area contributed by atoms with E-state index in [1.165, 1.54) is 0 Å². The molecule has 1 amide bonds. The van der Waals surface area contributed by atoms with E-state index in [9.17, 15) is 15.0 Å². The van der Waals surface area contributed by atoms with Crippen LogP contribution in [0.2, 0.25) is 0 Å². The smallest absolute Gasteiger partial charge is 0.254 e. The Hall–Kier alpha value is -1.39. The van der Waals surface area contributed by atoms with Crippen molar-refractivity contribution in [3.05, 3.63) is 35.4 Å². The van der Waals surface area contributed by atoms with E-state index in [4.69, 9.17) is 0 Å². The Morgan fingerprint density at radius 3 is 2.62 bits per heavy atom. The van der Waals surface area contributed by atoms with Crippen molar-refractivity contribution in [3.63, 3.8) is 0 Å². The Morgan fingerprint density at radius 2 is 2.00 bits per heavy atom. The van der Waals surface area contributed by atoms with Crippen molar-refractivity contribution in [3.8, 4) is 0 Å². The van der Waals surface area contributed by atoms with E-state index in [1.54, 1.807) is 12.1 Å². The van der Waals surface area contributed by atoms with E-state index in [1.807, 2.05) is 24.1 Å². The molecule has 0 saturated heterocycles. The highest BCUT2D eigenvalue weighted by Gasteiger charge is 2.32. The monoisotopic (exact) mass is 291 g/mol. The van der Waals surface area contributed by atoms with Gasteiger partial charge in [0, 0.05) is 25.3 Å². The Morgan fingerprint density at radius 1 is 1.29 bits per heavy atom. The van der Waals surface area contributed by atoms with Crippen LogP contribution in [0.1, 0.15) is 42.1 Å². The summed E-state index contributed by atoms with van der Waals surface area (Å²) in [5, 5.41) is 18.7. The molecule has 2 N–H and O–H groups in total. The first kappa shape index (κ1) is 16.0. The minimum atomic E-state index is -0.122. The van der Waals surface area contributed by atoms with Gasteiger partial charge in [-0.2, -0.15) is 0 Å². The van der Waals surface area contributed by atoms with Gasteiger partial charge in [-0.15, -0.1) is 0 Å². The van der Waals surface area contributed by atoms with Gasteiger partial charge in [0.1, 0.15) is 0 Å². The lowest BCUT2D eigenvalue weighted by Crippen LogP contribution is -2.44. The van der Waals surface area contributed by atoms with Gasteiger partial charge in [0.15, 0.2) is 0 Å². The van der Waals surface area contributed by atoms with Crippen LogP contribution in [0.3, 0.4) is 0 Å². The average molecular weight is 291 g/mol. The molecule has 1 aliphatic rings. The molecule has 4 heteroatoms. The molecule has 1 aromatic rings. The van der Waals surface area contributed by atoms with Crippen LogP contribution in [0.5, 0.6) is 0 Å². The highest BCUT2D eigenvalue weighted by atomic mass is 16.3. The van der Waals surface area contributed by atoms with Crippen molar-refractivity contribution in [1.29, 1.82) is 0 Å². The Balaban J connectivity index is 2.12. The lowest BCUT2D eigenvalue weighted by atomic mass is 9.78. The highest BCUT2D eigenvalue weighted by Crippen LogP contribution is 2.32. The Bertz CT molecular complexity index is 489. The Labute approximate surface area is 126 Å². The molecule has 1 aliphatic carbocycles. The van der Waals surface area contributed by atoms with E-state index in [2.05, 4.69) is 6.92 Å². The number of carbonyl (C=O) groups excluding carboxylic acids is 1. The van der Waals surface area contributed by atoms with Crippen molar-refractivity contribution >= 4 is 5.91 Å². The molecule has 21 heavy (non-hydrogen) atoms. The molecule has 3 atom stereocenters. The maximum atomic E-state index is 12.7. The molecule has 0 aliphatic heterocycles. The van der Waals surface area contributed by atoms with Gasteiger partial charge >= 0.3 is 0 Å². The van der Waals surface area contributed by atoms with Gasteiger partial charge in [-0.25, -0.2) is 0 Å². The van der Waals surface area contributed by atoms with Gasteiger partial charge in [0.25, 0.3) is 5.91 Å². The molecule has 116 valence electrons. The standard InChI is InChI=1S/C17H25NO3/c1-12-9-13(10-19)7-8-16(12)18(2)17(21)15-6-4-3-5-14(15)11-20/h3-6,12-13,16,19-20H,7-11H2,1-2H3/t12-,13?,16-/m1/s1. The van der Waals surface area contributed by atoms with Crippen LogP contribution >= 0.6 is 0 Å². The second-order valence-electron chi connectivity index (χ2n) is 6.14. The molecular formula is C17H25NO3. The molecule has 4 nitrogen and oxygen atoms in total. The topological polar surface area (TPSA) is 60.8 Å². The molecule has 0 aromatic heterocycles. The third kappa shape index (κ3) is 3.44. The largest absolute Gasteiger partial charge is 0.396 e. The molecule has 1 saturated carbocycles. The van der Waals surface area contributed by atoms with E-state index >= 15 is 0 Å². The highest BCUT2D eigenvalue weighted by molar-refractivity contribution is 5.95. The van der Waals surface area contributed by atoms with Crippen LogP contribution < -0.4 is 0 Å². The van der Waals surface area contributed by atoms with Crippen LogP contribution in [-0.2, 0) is 6.61 Å². The summed E-state index contributed by atoms with van der Waals surface area (Å²) < 4.78 is 0. The number of amides is 1. The lowest BCUT2D eigenvalue weighted by Gasteiger charge is -2.39. The molecule has 0 bridgehead atoms. The van der Waals surface area contributed by atoms with Gasteiger partial charge in [-0.05, 0) is 42.7 Å². The normalized spacial score (nSPS) is 25.6. The fraction of sp³-hybridized carbons (Fsp3) is 0.588. The maximum absolute atomic E-state index is 12.7. The SMILES string of the molecule is C[C@@H]1CC(CO)CC[C@H]1N(C)C(=O)c1ccccc1CO. The molecule has 0 radical (unpaired) electrons. The van der Waals surface area contributed by atoms with E-state index < -0.39 is 0 Å². The number of aliphatic hydroxyl groups is 2. The molecule has 2 rings (SSSR count). The Kier molecular flexibility index (Phi) is 5.37. The zero-order valence-corrected chi connectivity index (χ0v) is 12.8. The van der Waals surface area contributed by atoms with Crippen molar-refractivity contribution in [2.24, 2.45) is 11.8 Å². The first-order valence-electron chi connectivity index (χ1n) is 7.65. The van der Waals surface area contributed by atoms with Crippen LogP contribution in [0.15, 0.2) is 24.3 Å². The molecule has 1 aromatic carbocycles. The van der Waals surface area contributed by atoms with Crippen LogP contribution in [0, 0.1) is 11.8 Å². The summed E-state index contributed by atoms with van der Waals surface area (Å²) in [7, 11) is 1.84. The van der Waals surface area contributed by atoms with Gasteiger partial charge in [-0.1, -0.05) is 25.1 Å². The molecule has 1 fully saturated rings. The predicted molar refractivity (Wildman–Crippen MR) is 81.8 cm³/mol. The zero-order valence-electron chi connectivity index (χ0n) is 12.8. The first-order chi connectivity index (χ1) is 10.1. The predicted octanol–water partition coefficient (Wildman–Crippen LogP) is 2.05. The van der Waals surface area contributed by atoms with Crippen molar-refractivity contribution in [2.45, 2.75) is 38.8 Å². The number of benzene rings is 1. The molecule has 1 unspecified atom stereocenters. The van der Waals surface area contributed by atoms with Crippen LogP contribution in [0.25, 0.3) is 0 Å². The second-order valence-corrected chi connectivity index (χ2v) is 6.14. The summed E-state index contributed by atoms with van der Waals surface area (Å²) in [6.07, 6.45) is 2.85. The maximum Gasteiger partial charge on any atom is 0.254 e. The number of carbonyl (C=O) groups is 1. The summed E-state index contributed by atoms with van der Waals surface area (Å²) >= 11 is 0. The van der Waals surface area contributed by atoms with Crippen molar-refractivity contribution < 1.29 is 15.0 Å². The van der Waals surface area contributed by atoms with Gasteiger partial charge in [0.05, 0.1) is 6.61 Å². The van der Waals surface area contributed by atoms with Gasteiger partial charge < -0.3 is 15.1 Å². The molecule has 0 heterocycles. The number of rotatable bonds is 4. The first-order valence-corrected chi connectivity index (χ1v) is 7.65. The summed E-state index contributed by atoms with van der Waals surface area (Å²) in [6.45, 7) is 2.26. The number of nitrogens with zero attached hydrogens (tertiary/aromatic N) is 1. The summed E-state index contributed by atoms with van der Waals surface area (Å²) in [5.41, 5.74) is 1.25. The minimum Gasteiger partial charge on any atom is -0.396 e. The fourth-order valence-corrected chi connectivity index (χ4v) is 3.44. The van der Waals surface area contributed by atoms with Crippen LogP contribution in [-0.4, -0.2) is 40.7 Å². The third-order valence-corrected chi connectivity index (χ3v) is 4.73. The fourth-order valence-electron chi connectivity index (χ4n) is 3.44. The summed E-state index contributed by atoms with van der Waals surface area (Å²) in [6, 6.07) is 7.41. The summed E-state index contributed by atoms with van der Waals surface area (Å²) in [4.78, 5) is 14.5. The average Bonchev–Trinajstić information content (AvgIpc) is 2.53. The van der Waals surface area contributed by atoms with Gasteiger partial charge in [-0.3, -0.25) is 4.79 Å².